The second-order valence-electron chi connectivity index (χ2n) is 13.8. The molecule has 0 aliphatic carbocycles. The number of aliphatic carboxylic acids is 1. The summed E-state index contributed by atoms with van der Waals surface area (Å²) in [6.45, 7) is 14.1. The summed E-state index contributed by atoms with van der Waals surface area (Å²) < 4.78 is 68.5. The third kappa shape index (κ3) is 8.42. The third-order valence-corrected chi connectivity index (χ3v) is 11.4. The fourth-order valence-corrected chi connectivity index (χ4v) is 8.46. The highest BCUT2D eigenvalue weighted by molar-refractivity contribution is 7.86. The number of carbonyl (C=O) groups is 1. The van der Waals surface area contributed by atoms with E-state index < -0.39 is 37.4 Å². The van der Waals surface area contributed by atoms with Gasteiger partial charge in [0.2, 0.25) is 5.69 Å². The lowest BCUT2D eigenvalue weighted by Crippen LogP contribution is -2.29. The van der Waals surface area contributed by atoms with E-state index in [2.05, 4.69) is 57.4 Å². The van der Waals surface area contributed by atoms with Crippen LogP contribution in [-0.4, -0.2) is 66.1 Å². The van der Waals surface area contributed by atoms with Crippen molar-refractivity contribution in [3.8, 4) is 0 Å². The molecule has 0 aromatic heterocycles. The maximum absolute atomic E-state index is 12.1. The lowest BCUT2D eigenvalue weighted by atomic mass is 9.77. The monoisotopic (exact) mass is 713 g/mol. The Kier molecular flexibility index (Phi) is 11.5. The van der Waals surface area contributed by atoms with E-state index in [1.807, 2.05) is 36.1 Å². The molecule has 0 saturated carbocycles. The van der Waals surface area contributed by atoms with Gasteiger partial charge >= 0.3 is 5.97 Å². The van der Waals surface area contributed by atoms with Crippen LogP contribution in [0.15, 0.2) is 71.3 Å². The summed E-state index contributed by atoms with van der Waals surface area (Å²) in [4.78, 5) is 12.9. The summed E-state index contributed by atoms with van der Waals surface area (Å²) in [5.41, 5.74) is 7.60. The molecule has 1 unspecified atom stereocenters. The van der Waals surface area contributed by atoms with Gasteiger partial charge < -0.3 is 10.0 Å². The molecule has 4 rings (SSSR count). The number of fused-ring (bicyclic) bond motifs is 2. The molecule has 0 fully saturated rings. The van der Waals surface area contributed by atoms with E-state index in [0.717, 1.165) is 17.8 Å². The zero-order valence-corrected chi connectivity index (χ0v) is 30.9. The summed E-state index contributed by atoms with van der Waals surface area (Å²) in [5, 5.41) is 9.21. The zero-order valence-electron chi connectivity index (χ0n) is 29.2. The molecule has 0 spiro atoms. The molecular weight excluding hydrogens is 665 g/mol. The van der Waals surface area contributed by atoms with Crippen LogP contribution < -0.4 is 4.90 Å². The smallest absolute Gasteiger partial charge is 0.303 e. The minimum Gasteiger partial charge on any atom is -0.481 e. The number of unbranched alkanes of at least 4 members (excludes halogenated alkanes) is 2. The number of benzene rings is 2. The standard InChI is InChI=1S/C37H48N2O8S2/c1-7-38-32(36(4,5)30-24-26(2)23-27(3)35(30)38)15-9-8-10-16-33-37(6,20-12-11-17-34(40)41)29-19-18-28(49(45,46)47)25-31(29)39(33)21-13-14-22-48(42,43)44/h8-10,15-16,18-19,23-25H,7,11-14,17,20-22H2,1-6H3,(H2-,40,41,42,43,44,45,46,47)/p+1. The zero-order chi connectivity index (χ0) is 36.4. The van der Waals surface area contributed by atoms with Gasteiger partial charge in [-0.1, -0.05) is 36.3 Å². The first-order valence-corrected chi connectivity index (χ1v) is 19.7. The van der Waals surface area contributed by atoms with Crippen LogP contribution in [0.5, 0.6) is 0 Å². The molecule has 2 heterocycles. The first-order valence-electron chi connectivity index (χ1n) is 16.7. The van der Waals surface area contributed by atoms with Crippen LogP contribution in [-0.2, 0) is 35.9 Å². The maximum Gasteiger partial charge on any atom is 0.303 e. The summed E-state index contributed by atoms with van der Waals surface area (Å²) >= 11 is 0. The predicted octanol–water partition coefficient (Wildman–Crippen LogP) is 7.03. The summed E-state index contributed by atoms with van der Waals surface area (Å²) in [5.74, 6) is -1.28. The lowest BCUT2D eigenvalue weighted by molar-refractivity contribution is -0.433. The van der Waals surface area contributed by atoms with Gasteiger partial charge in [-0.05, 0) is 103 Å². The Hall–Kier alpha value is -3.58. The van der Waals surface area contributed by atoms with Crippen molar-refractivity contribution in [2.75, 3.05) is 23.7 Å². The Balaban J connectivity index is 1.74. The highest BCUT2D eigenvalue weighted by Gasteiger charge is 2.45. The van der Waals surface area contributed by atoms with E-state index in [1.54, 1.807) is 6.07 Å². The van der Waals surface area contributed by atoms with Crippen LogP contribution in [0, 0.1) is 13.8 Å². The molecule has 12 heteroatoms. The maximum atomic E-state index is 12.1. The molecule has 10 nitrogen and oxygen atoms in total. The number of carboxylic acids is 1. The Morgan fingerprint density at radius 3 is 2.27 bits per heavy atom. The normalized spacial score (nSPS) is 19.8. The summed E-state index contributed by atoms with van der Waals surface area (Å²) in [6, 6.07) is 8.95. The van der Waals surface area contributed by atoms with Crippen molar-refractivity contribution in [2.45, 2.75) is 95.8 Å². The van der Waals surface area contributed by atoms with Gasteiger partial charge in [0.25, 0.3) is 20.2 Å². The average Bonchev–Trinajstić information content (AvgIpc) is 3.35. The second kappa shape index (κ2) is 14.7. The second-order valence-corrected chi connectivity index (χ2v) is 16.8. The van der Waals surface area contributed by atoms with Gasteiger partial charge in [-0.2, -0.15) is 21.4 Å². The Labute approximate surface area is 291 Å². The number of hydrogen-bond donors (Lipinski definition) is 3. The van der Waals surface area contributed by atoms with Gasteiger partial charge in [0.05, 0.1) is 16.1 Å². The van der Waals surface area contributed by atoms with E-state index in [4.69, 9.17) is 0 Å². The van der Waals surface area contributed by atoms with Crippen molar-refractivity contribution in [3.63, 3.8) is 0 Å². The van der Waals surface area contributed by atoms with Crippen LogP contribution in [0.4, 0.5) is 11.4 Å². The number of anilines is 1. The molecule has 2 aromatic carbocycles. The highest BCUT2D eigenvalue weighted by atomic mass is 32.2. The van der Waals surface area contributed by atoms with Crippen LogP contribution >= 0.6 is 0 Å². The highest BCUT2D eigenvalue weighted by Crippen LogP contribution is 2.51. The van der Waals surface area contributed by atoms with Gasteiger partial charge in [0, 0.05) is 47.0 Å². The van der Waals surface area contributed by atoms with Crippen molar-refractivity contribution in [1.82, 2.24) is 0 Å². The first kappa shape index (κ1) is 38.2. The van der Waals surface area contributed by atoms with Crippen LogP contribution in [0.2, 0.25) is 0 Å². The molecular formula is C37H49N2O8S2+. The Morgan fingerprint density at radius 2 is 1.63 bits per heavy atom. The Bertz CT molecular complexity index is 1960. The molecule has 0 saturated heterocycles. The average molecular weight is 714 g/mol. The predicted molar refractivity (Wildman–Crippen MR) is 193 cm³/mol. The summed E-state index contributed by atoms with van der Waals surface area (Å²) in [6.07, 6.45) is 12.2. The number of aryl methyl sites for hydroxylation is 2. The van der Waals surface area contributed by atoms with Gasteiger partial charge in [-0.25, -0.2) is 0 Å². The molecule has 2 aromatic rings. The van der Waals surface area contributed by atoms with Crippen molar-refractivity contribution in [3.05, 3.63) is 88.7 Å². The van der Waals surface area contributed by atoms with Gasteiger partial charge in [0.1, 0.15) is 6.54 Å². The molecule has 0 radical (unpaired) electrons. The molecule has 2 aliphatic heterocycles. The number of nitrogens with zero attached hydrogens (tertiary/aromatic N) is 2. The van der Waals surface area contributed by atoms with Crippen LogP contribution in [0.3, 0.4) is 0 Å². The van der Waals surface area contributed by atoms with Crippen LogP contribution in [0.25, 0.3) is 0 Å². The molecule has 0 bridgehead atoms. The van der Waals surface area contributed by atoms with Crippen molar-refractivity contribution in [1.29, 1.82) is 0 Å². The molecule has 0 amide bonds. The van der Waals surface area contributed by atoms with E-state index in [0.29, 0.717) is 37.9 Å². The molecule has 2 aliphatic rings. The quantitative estimate of drug-likeness (QED) is 0.0764. The molecule has 3 N–H and O–H groups in total. The van der Waals surface area contributed by atoms with E-state index in [-0.39, 0.29) is 23.2 Å². The molecule has 1 atom stereocenters. The Morgan fingerprint density at radius 1 is 0.918 bits per heavy atom. The largest absolute Gasteiger partial charge is 0.481 e. The van der Waals surface area contributed by atoms with Gasteiger partial charge in [-0.15, -0.1) is 0 Å². The number of rotatable bonds is 15. The van der Waals surface area contributed by atoms with E-state index in [9.17, 15) is 35.8 Å². The van der Waals surface area contributed by atoms with E-state index in [1.165, 1.54) is 40.2 Å². The SMILES string of the molecule is CC[N+]1=C(/C=C/C=C/C=C2/N(CCCCS(=O)(=O)O)c3cc(S(=O)(=O)O)ccc3C2(C)CCCCC(=O)O)C(C)(C)c2cc(C)cc(C)c21. The fourth-order valence-electron chi connectivity index (χ4n) is 7.39. The minimum atomic E-state index is -4.50. The van der Waals surface area contributed by atoms with Crippen LogP contribution in [0.1, 0.15) is 88.5 Å². The van der Waals surface area contributed by atoms with Gasteiger partial charge in [-0.3, -0.25) is 13.9 Å². The number of allylic oxidation sites excluding steroid dienone is 6. The molecule has 49 heavy (non-hydrogen) atoms. The van der Waals surface area contributed by atoms with Gasteiger partial charge in [0.15, 0.2) is 5.71 Å². The first-order chi connectivity index (χ1) is 22.8. The van der Waals surface area contributed by atoms with Crippen molar-refractivity contribution >= 4 is 43.3 Å². The number of hydrogen-bond acceptors (Lipinski definition) is 6. The summed E-state index contributed by atoms with van der Waals surface area (Å²) in [7, 11) is -8.65. The fraction of sp³-hybridized carbons (Fsp3) is 0.459. The van der Waals surface area contributed by atoms with E-state index >= 15 is 0 Å². The minimum absolute atomic E-state index is 0.0284. The molecule has 266 valence electrons. The third-order valence-electron chi connectivity index (χ3n) is 9.73. The topological polar surface area (TPSA) is 152 Å². The number of carboxylic acid groups (broad SMARTS) is 1. The van der Waals surface area contributed by atoms with Crippen molar-refractivity contribution in [2.24, 2.45) is 0 Å². The van der Waals surface area contributed by atoms with Crippen molar-refractivity contribution < 1.29 is 40.4 Å². The lowest BCUT2D eigenvalue weighted by Gasteiger charge is -2.30.